The number of rotatable bonds is 4. The second kappa shape index (κ2) is 3.47. The molecule has 1 aromatic heterocycles. The van der Waals surface area contributed by atoms with Gasteiger partial charge in [-0.1, -0.05) is 0 Å². The molecule has 0 radical (unpaired) electrons. The third-order valence-electron chi connectivity index (χ3n) is 2.59. The van der Waals surface area contributed by atoms with Crippen LogP contribution >= 0.6 is 0 Å². The number of imidazole rings is 1. The minimum Gasteiger partial charge on any atom is -0.389 e. The lowest BCUT2D eigenvalue weighted by molar-refractivity contribution is -0.0315. The van der Waals surface area contributed by atoms with Crippen molar-refractivity contribution in [1.82, 2.24) is 15.3 Å². The van der Waals surface area contributed by atoms with E-state index in [1.54, 1.807) is 12.4 Å². The summed E-state index contributed by atoms with van der Waals surface area (Å²) in [4.78, 5) is 7.08. The van der Waals surface area contributed by atoms with E-state index in [4.69, 9.17) is 0 Å². The molecule has 1 heterocycles. The molecule has 0 bridgehead atoms. The molecule has 4 heteroatoms. The zero-order chi connectivity index (χ0) is 9.15. The molecule has 1 aliphatic carbocycles. The summed E-state index contributed by atoms with van der Waals surface area (Å²) < 4.78 is 0. The lowest BCUT2D eigenvalue weighted by Crippen LogP contribution is -2.46. The number of hydrogen-bond acceptors (Lipinski definition) is 3. The lowest BCUT2D eigenvalue weighted by atomic mass is 9.80. The predicted octanol–water partition coefficient (Wildman–Crippen LogP) is 0.414. The predicted molar refractivity (Wildman–Crippen MR) is 49.1 cm³/mol. The SMILES string of the molecule is OC1(CNCc2ncc[nH]2)CCC1. The van der Waals surface area contributed by atoms with Crippen molar-refractivity contribution in [1.29, 1.82) is 0 Å². The van der Waals surface area contributed by atoms with Crippen LogP contribution in [0.2, 0.25) is 0 Å². The van der Waals surface area contributed by atoms with Crippen LogP contribution in [0.25, 0.3) is 0 Å². The number of hydrogen-bond donors (Lipinski definition) is 3. The molecule has 1 saturated carbocycles. The lowest BCUT2D eigenvalue weighted by Gasteiger charge is -2.36. The van der Waals surface area contributed by atoms with Gasteiger partial charge in [-0.3, -0.25) is 0 Å². The van der Waals surface area contributed by atoms with E-state index in [0.29, 0.717) is 13.1 Å². The van der Waals surface area contributed by atoms with E-state index in [1.165, 1.54) is 0 Å². The molecule has 0 unspecified atom stereocenters. The second-order valence-electron chi connectivity index (χ2n) is 3.72. The molecule has 1 aliphatic rings. The third-order valence-corrected chi connectivity index (χ3v) is 2.59. The summed E-state index contributed by atoms with van der Waals surface area (Å²) in [5, 5.41) is 12.9. The molecule has 0 saturated heterocycles. The van der Waals surface area contributed by atoms with Gasteiger partial charge < -0.3 is 15.4 Å². The number of nitrogens with zero attached hydrogens (tertiary/aromatic N) is 1. The quantitative estimate of drug-likeness (QED) is 0.630. The van der Waals surface area contributed by atoms with Crippen LogP contribution in [0, 0.1) is 0 Å². The normalized spacial score (nSPS) is 19.8. The highest BCUT2D eigenvalue weighted by molar-refractivity contribution is 4.91. The Morgan fingerprint density at radius 1 is 1.62 bits per heavy atom. The Morgan fingerprint density at radius 2 is 2.46 bits per heavy atom. The van der Waals surface area contributed by atoms with E-state index in [0.717, 1.165) is 25.1 Å². The fraction of sp³-hybridized carbons (Fsp3) is 0.667. The van der Waals surface area contributed by atoms with Crippen molar-refractivity contribution in [2.24, 2.45) is 0 Å². The van der Waals surface area contributed by atoms with Crippen molar-refractivity contribution in [3.05, 3.63) is 18.2 Å². The molecule has 0 amide bonds. The van der Waals surface area contributed by atoms with Crippen molar-refractivity contribution in [2.75, 3.05) is 6.54 Å². The summed E-state index contributed by atoms with van der Waals surface area (Å²) in [6.07, 6.45) is 6.54. The highest BCUT2D eigenvalue weighted by atomic mass is 16.3. The molecule has 2 rings (SSSR count). The first-order chi connectivity index (χ1) is 6.29. The van der Waals surface area contributed by atoms with E-state index >= 15 is 0 Å². The molecule has 3 N–H and O–H groups in total. The molecule has 0 atom stereocenters. The van der Waals surface area contributed by atoms with Crippen molar-refractivity contribution >= 4 is 0 Å². The number of H-pyrrole nitrogens is 1. The average Bonchev–Trinajstić information content (AvgIpc) is 2.54. The zero-order valence-corrected chi connectivity index (χ0v) is 7.58. The van der Waals surface area contributed by atoms with Crippen molar-refractivity contribution in [3.63, 3.8) is 0 Å². The summed E-state index contributed by atoms with van der Waals surface area (Å²) in [6.45, 7) is 1.38. The van der Waals surface area contributed by atoms with Crippen molar-refractivity contribution in [2.45, 2.75) is 31.4 Å². The van der Waals surface area contributed by atoms with Crippen LogP contribution in [0.3, 0.4) is 0 Å². The Morgan fingerprint density at radius 3 is 3.00 bits per heavy atom. The van der Waals surface area contributed by atoms with Gasteiger partial charge in [0, 0.05) is 18.9 Å². The minimum absolute atomic E-state index is 0.438. The average molecular weight is 181 g/mol. The molecular weight excluding hydrogens is 166 g/mol. The standard InChI is InChI=1S/C9H15N3O/c13-9(2-1-3-9)7-10-6-8-11-4-5-12-8/h4-5,10,13H,1-3,6-7H2,(H,11,12). The molecule has 0 spiro atoms. The molecule has 1 aromatic rings. The highest BCUT2D eigenvalue weighted by Gasteiger charge is 2.33. The summed E-state index contributed by atoms with van der Waals surface area (Å²) >= 11 is 0. The van der Waals surface area contributed by atoms with Crippen LogP contribution in [-0.2, 0) is 6.54 Å². The summed E-state index contributed by atoms with van der Waals surface area (Å²) in [6, 6.07) is 0. The van der Waals surface area contributed by atoms with Gasteiger partial charge in [-0.25, -0.2) is 4.98 Å². The van der Waals surface area contributed by atoms with Gasteiger partial charge in [0.2, 0.25) is 0 Å². The Labute approximate surface area is 77.4 Å². The molecule has 4 nitrogen and oxygen atoms in total. The maximum atomic E-state index is 9.75. The number of aliphatic hydroxyl groups is 1. The second-order valence-corrected chi connectivity index (χ2v) is 3.72. The fourth-order valence-corrected chi connectivity index (χ4v) is 1.57. The van der Waals surface area contributed by atoms with Crippen LogP contribution in [0.1, 0.15) is 25.1 Å². The van der Waals surface area contributed by atoms with E-state index in [9.17, 15) is 5.11 Å². The fourth-order valence-electron chi connectivity index (χ4n) is 1.57. The van der Waals surface area contributed by atoms with E-state index < -0.39 is 5.60 Å². The maximum Gasteiger partial charge on any atom is 0.120 e. The van der Waals surface area contributed by atoms with Gasteiger partial charge in [-0.2, -0.15) is 0 Å². The molecular formula is C9H15N3O. The van der Waals surface area contributed by atoms with Crippen LogP contribution in [-0.4, -0.2) is 27.2 Å². The van der Waals surface area contributed by atoms with Crippen LogP contribution in [0.15, 0.2) is 12.4 Å². The molecule has 0 aromatic carbocycles. The Bertz CT molecular complexity index is 254. The molecule has 72 valence electrons. The van der Waals surface area contributed by atoms with E-state index in [1.807, 2.05) is 0 Å². The molecule has 1 fully saturated rings. The minimum atomic E-state index is -0.438. The monoisotopic (exact) mass is 181 g/mol. The Kier molecular flexibility index (Phi) is 2.33. The number of aromatic amines is 1. The summed E-state index contributed by atoms with van der Waals surface area (Å²) in [7, 11) is 0. The van der Waals surface area contributed by atoms with Crippen LogP contribution in [0.4, 0.5) is 0 Å². The first kappa shape index (κ1) is 8.72. The Hall–Kier alpha value is -0.870. The first-order valence-electron chi connectivity index (χ1n) is 4.70. The summed E-state index contributed by atoms with van der Waals surface area (Å²) in [5.41, 5.74) is -0.438. The maximum absolute atomic E-state index is 9.75. The van der Waals surface area contributed by atoms with Crippen LogP contribution < -0.4 is 5.32 Å². The number of aromatic nitrogens is 2. The highest BCUT2D eigenvalue weighted by Crippen LogP contribution is 2.30. The van der Waals surface area contributed by atoms with Gasteiger partial charge in [0.25, 0.3) is 0 Å². The van der Waals surface area contributed by atoms with Gasteiger partial charge in [-0.05, 0) is 19.3 Å². The van der Waals surface area contributed by atoms with E-state index in [2.05, 4.69) is 15.3 Å². The summed E-state index contributed by atoms with van der Waals surface area (Å²) in [5.74, 6) is 0.919. The van der Waals surface area contributed by atoms with Crippen molar-refractivity contribution in [3.8, 4) is 0 Å². The van der Waals surface area contributed by atoms with E-state index in [-0.39, 0.29) is 0 Å². The topological polar surface area (TPSA) is 60.9 Å². The molecule has 0 aliphatic heterocycles. The van der Waals surface area contributed by atoms with Gasteiger partial charge in [0.15, 0.2) is 0 Å². The van der Waals surface area contributed by atoms with Crippen LogP contribution in [0.5, 0.6) is 0 Å². The largest absolute Gasteiger partial charge is 0.389 e. The molecule has 13 heavy (non-hydrogen) atoms. The van der Waals surface area contributed by atoms with Gasteiger partial charge in [0.1, 0.15) is 5.82 Å². The van der Waals surface area contributed by atoms with Gasteiger partial charge in [-0.15, -0.1) is 0 Å². The van der Waals surface area contributed by atoms with Gasteiger partial charge >= 0.3 is 0 Å². The third kappa shape index (κ3) is 2.08. The zero-order valence-electron chi connectivity index (χ0n) is 7.58. The first-order valence-corrected chi connectivity index (χ1v) is 4.70. The van der Waals surface area contributed by atoms with Gasteiger partial charge in [0.05, 0.1) is 12.1 Å². The smallest absolute Gasteiger partial charge is 0.120 e. The Balaban J connectivity index is 1.69. The number of nitrogens with one attached hydrogen (secondary N) is 2. The van der Waals surface area contributed by atoms with Crippen molar-refractivity contribution < 1.29 is 5.11 Å².